The smallest absolute Gasteiger partial charge is 0.230 e. The van der Waals surface area contributed by atoms with E-state index < -0.39 is 42.9 Å². The Bertz CT molecular complexity index is 1270. The molecule has 0 saturated carbocycles. The summed E-state index contributed by atoms with van der Waals surface area (Å²) in [5.74, 6) is -0.291. The first kappa shape index (κ1) is 12.8. The Morgan fingerprint density at radius 2 is 2.03 bits per heavy atom. The van der Waals surface area contributed by atoms with Gasteiger partial charge in [-0.25, -0.2) is 4.98 Å². The average molecular weight is 418 g/mol. The molecule has 6 heteroatoms. The highest BCUT2D eigenvalue weighted by Crippen LogP contribution is 2.21. The number of benzene rings is 2. The van der Waals surface area contributed by atoms with Gasteiger partial charge in [0.15, 0.2) is 5.13 Å². The standard InChI is InChI=1S/C23H27N3O2S/c1-16-6-10-18(11-7-16)21(27)5-3-2-4-17-8-12-19(13-9-17)25-22(28)14-20-15-29-23(24)26-20/h6-13,15,21,27H,2-5,14H2,1H3,(H2,24,26)(H,25,28)/t21-/m0/s1/i2D2,5D2,6D,7D,10D,11D. The SMILES string of the molecule is [2H]c1c([2H])c([C@@H](O)C([2H])([2H])CC([2H])([2H])Cc2ccc(NC(=O)Cc3csc(N)n3)cc2)c([2H])c([2H])c1C. The van der Waals surface area contributed by atoms with Gasteiger partial charge >= 0.3 is 0 Å². The highest BCUT2D eigenvalue weighted by molar-refractivity contribution is 7.13. The van der Waals surface area contributed by atoms with Crippen LogP contribution >= 0.6 is 11.3 Å². The molecule has 0 fully saturated rings. The van der Waals surface area contributed by atoms with Gasteiger partial charge in [0.1, 0.15) is 0 Å². The second-order valence-electron chi connectivity index (χ2n) is 6.35. The Labute approximate surface area is 186 Å². The molecule has 3 rings (SSSR count). The van der Waals surface area contributed by atoms with Crippen LogP contribution in [-0.2, 0) is 17.6 Å². The van der Waals surface area contributed by atoms with Crippen LogP contribution in [0.4, 0.5) is 10.8 Å². The number of nitrogens with zero attached hydrogens (tertiary/aromatic N) is 1. The molecule has 4 N–H and O–H groups in total. The number of nitrogens with two attached hydrogens (primary N) is 1. The molecule has 0 saturated heterocycles. The van der Waals surface area contributed by atoms with E-state index in [0.29, 0.717) is 22.1 Å². The fourth-order valence-electron chi connectivity index (χ4n) is 2.48. The predicted molar refractivity (Wildman–Crippen MR) is 119 cm³/mol. The summed E-state index contributed by atoms with van der Waals surface area (Å²) < 4.78 is 65.4. The van der Waals surface area contributed by atoms with Gasteiger partial charge in [0, 0.05) is 16.6 Å². The van der Waals surface area contributed by atoms with E-state index in [0.717, 1.165) is 0 Å². The number of hydrogen-bond acceptors (Lipinski definition) is 5. The van der Waals surface area contributed by atoms with Gasteiger partial charge < -0.3 is 16.2 Å². The Kier molecular flexibility index (Phi) is 4.49. The molecule has 29 heavy (non-hydrogen) atoms. The van der Waals surface area contributed by atoms with Crippen LogP contribution in [0.15, 0.2) is 53.8 Å². The summed E-state index contributed by atoms with van der Waals surface area (Å²) in [6.07, 6.45) is -7.68. The molecule has 152 valence electrons. The second-order valence-corrected chi connectivity index (χ2v) is 7.24. The largest absolute Gasteiger partial charge is 0.388 e. The van der Waals surface area contributed by atoms with Crippen molar-refractivity contribution in [2.75, 3.05) is 11.1 Å². The molecule has 0 spiro atoms. The van der Waals surface area contributed by atoms with Crippen LogP contribution in [0.5, 0.6) is 0 Å². The summed E-state index contributed by atoms with van der Waals surface area (Å²) in [6.45, 7) is 1.40. The van der Waals surface area contributed by atoms with Crippen molar-refractivity contribution >= 4 is 28.1 Å². The number of aliphatic hydroxyl groups is 1. The number of anilines is 2. The number of nitrogens with one attached hydrogen (secondary N) is 1. The van der Waals surface area contributed by atoms with Crippen molar-refractivity contribution in [2.24, 2.45) is 0 Å². The minimum absolute atomic E-state index is 0.0554. The molecule has 5 nitrogen and oxygen atoms in total. The Balaban J connectivity index is 1.68. The van der Waals surface area contributed by atoms with E-state index in [2.05, 4.69) is 10.3 Å². The van der Waals surface area contributed by atoms with Gasteiger partial charge in [0.25, 0.3) is 0 Å². The Hall–Kier alpha value is -2.70. The molecule has 0 aliphatic rings. The van der Waals surface area contributed by atoms with Gasteiger partial charge in [0.2, 0.25) is 5.91 Å². The third-order valence-electron chi connectivity index (χ3n) is 3.94. The molecule has 1 aromatic heterocycles. The van der Waals surface area contributed by atoms with Crippen molar-refractivity contribution in [3.8, 4) is 0 Å². The number of carbonyl (C=O) groups is 1. The third-order valence-corrected chi connectivity index (χ3v) is 4.66. The van der Waals surface area contributed by atoms with Crippen molar-refractivity contribution in [1.82, 2.24) is 4.98 Å². The highest BCUT2D eigenvalue weighted by atomic mass is 32.1. The molecule has 1 heterocycles. The van der Waals surface area contributed by atoms with E-state index >= 15 is 0 Å². The molecular weight excluding hydrogens is 382 g/mol. The molecule has 0 radical (unpaired) electrons. The van der Waals surface area contributed by atoms with Crippen molar-refractivity contribution in [1.29, 1.82) is 0 Å². The van der Waals surface area contributed by atoms with E-state index in [4.69, 9.17) is 16.7 Å². The lowest BCUT2D eigenvalue weighted by Gasteiger charge is -2.11. The van der Waals surface area contributed by atoms with E-state index in [1.165, 1.54) is 18.3 Å². The number of nitrogen functional groups attached to an aromatic ring is 1. The maximum atomic E-state index is 12.2. The first-order valence-electron chi connectivity index (χ1n) is 12.9. The molecule has 0 unspecified atom stereocenters. The number of aryl methyl sites for hydroxylation is 1. The quantitative estimate of drug-likeness (QED) is 0.472. The molecule has 0 bridgehead atoms. The number of hydrogen-bond donors (Lipinski definition) is 3. The van der Waals surface area contributed by atoms with E-state index in [9.17, 15) is 9.90 Å². The first-order valence-corrected chi connectivity index (χ1v) is 9.83. The van der Waals surface area contributed by atoms with Crippen LogP contribution in [0.2, 0.25) is 0 Å². The zero-order chi connectivity index (χ0) is 27.7. The lowest BCUT2D eigenvalue weighted by Crippen LogP contribution is -2.14. The summed E-state index contributed by atoms with van der Waals surface area (Å²) in [6, 6.07) is 4.54. The van der Waals surface area contributed by atoms with Gasteiger partial charge in [-0.1, -0.05) is 48.3 Å². The summed E-state index contributed by atoms with van der Waals surface area (Å²) in [4.78, 5) is 16.2. The lowest BCUT2D eigenvalue weighted by molar-refractivity contribution is -0.115. The summed E-state index contributed by atoms with van der Waals surface area (Å²) in [7, 11) is 0. The fourth-order valence-corrected chi connectivity index (χ4v) is 3.04. The number of aromatic nitrogens is 1. The maximum absolute atomic E-state index is 12.2. The minimum Gasteiger partial charge on any atom is -0.388 e. The Morgan fingerprint density at radius 1 is 1.31 bits per heavy atom. The minimum atomic E-state index is -2.59. The molecule has 0 aliphatic carbocycles. The van der Waals surface area contributed by atoms with Crippen LogP contribution in [0.3, 0.4) is 0 Å². The molecular formula is C23H27N3O2S. The predicted octanol–water partition coefficient (Wildman–Crippen LogP) is 4.66. The summed E-state index contributed by atoms with van der Waals surface area (Å²) in [5.41, 5.74) is 6.72. The molecule has 2 aromatic carbocycles. The van der Waals surface area contributed by atoms with Crippen molar-refractivity contribution in [3.05, 3.63) is 76.2 Å². The maximum Gasteiger partial charge on any atom is 0.230 e. The van der Waals surface area contributed by atoms with Crippen molar-refractivity contribution in [2.45, 2.75) is 45.0 Å². The number of thiazole rings is 1. The van der Waals surface area contributed by atoms with Crippen LogP contribution in [0.25, 0.3) is 0 Å². The van der Waals surface area contributed by atoms with Crippen LogP contribution in [0.1, 0.15) is 58.6 Å². The molecule has 0 aliphatic heterocycles. The van der Waals surface area contributed by atoms with E-state index in [1.54, 1.807) is 29.6 Å². The number of aliphatic hydroxyl groups excluding tert-OH is 1. The Morgan fingerprint density at radius 3 is 2.69 bits per heavy atom. The number of amides is 1. The van der Waals surface area contributed by atoms with Gasteiger partial charge in [-0.05, 0) is 49.4 Å². The monoisotopic (exact) mass is 417 g/mol. The zero-order valence-electron chi connectivity index (χ0n) is 23.9. The highest BCUT2D eigenvalue weighted by Gasteiger charge is 2.08. The molecule has 1 amide bonds. The van der Waals surface area contributed by atoms with Crippen LogP contribution in [0, 0.1) is 6.92 Å². The second kappa shape index (κ2) is 10.2. The summed E-state index contributed by atoms with van der Waals surface area (Å²) in [5, 5.41) is 15.5. The van der Waals surface area contributed by atoms with Crippen molar-refractivity contribution < 1.29 is 20.9 Å². The van der Waals surface area contributed by atoms with Crippen LogP contribution < -0.4 is 11.1 Å². The van der Waals surface area contributed by atoms with Gasteiger partial charge in [0.05, 0.1) is 23.7 Å². The average Bonchev–Trinajstić information content (AvgIpc) is 3.21. The van der Waals surface area contributed by atoms with E-state index in [-0.39, 0.29) is 36.4 Å². The van der Waals surface area contributed by atoms with Crippen LogP contribution in [-0.4, -0.2) is 16.0 Å². The summed E-state index contributed by atoms with van der Waals surface area (Å²) >= 11 is 1.24. The topological polar surface area (TPSA) is 88.2 Å². The zero-order valence-corrected chi connectivity index (χ0v) is 16.7. The fraction of sp³-hybridized carbons (Fsp3) is 0.304. The van der Waals surface area contributed by atoms with Gasteiger partial charge in [-0.15, -0.1) is 11.3 Å². The third kappa shape index (κ3) is 6.69. The first-order chi connectivity index (χ1) is 17.1. The number of rotatable bonds is 9. The normalized spacial score (nSPS) is 16.9. The molecule has 1 atom stereocenters. The van der Waals surface area contributed by atoms with Crippen molar-refractivity contribution in [3.63, 3.8) is 0 Å². The van der Waals surface area contributed by atoms with Gasteiger partial charge in [-0.2, -0.15) is 0 Å². The van der Waals surface area contributed by atoms with E-state index in [1.807, 2.05) is 0 Å². The lowest BCUT2D eigenvalue weighted by atomic mass is 10.0. The van der Waals surface area contributed by atoms with Gasteiger partial charge in [-0.3, -0.25) is 4.79 Å². The molecule has 3 aromatic rings. The number of carbonyl (C=O) groups excluding carboxylic acids is 1.